The summed E-state index contributed by atoms with van der Waals surface area (Å²) in [5.41, 5.74) is -0.152. The van der Waals surface area contributed by atoms with E-state index in [9.17, 15) is 23.1 Å². The van der Waals surface area contributed by atoms with Gasteiger partial charge in [-0.2, -0.15) is 0 Å². The van der Waals surface area contributed by atoms with Crippen molar-refractivity contribution in [2.75, 3.05) is 13.2 Å². The van der Waals surface area contributed by atoms with Gasteiger partial charge in [0.2, 0.25) is 0 Å². The number of hydrogen-bond acceptors (Lipinski definition) is 4. The summed E-state index contributed by atoms with van der Waals surface area (Å²) in [6.45, 7) is 0.730. The topological polar surface area (TPSA) is 58.6 Å². The quantitative estimate of drug-likeness (QED) is 0.776. The Morgan fingerprint density at radius 3 is 2.41 bits per heavy atom. The van der Waals surface area contributed by atoms with Crippen LogP contribution in [-0.2, 0) is 14.3 Å². The summed E-state index contributed by atoms with van der Waals surface area (Å²) >= 11 is 0. The van der Waals surface area contributed by atoms with Crippen LogP contribution < -0.4 is 5.11 Å². The van der Waals surface area contributed by atoms with Gasteiger partial charge in [0.25, 0.3) is 0 Å². The van der Waals surface area contributed by atoms with E-state index in [1.54, 1.807) is 0 Å². The van der Waals surface area contributed by atoms with Gasteiger partial charge in [-0.1, -0.05) is 0 Å². The lowest BCUT2D eigenvalue weighted by molar-refractivity contribution is -0.318. The van der Waals surface area contributed by atoms with Gasteiger partial charge in [0.05, 0.1) is 13.2 Å². The predicted molar refractivity (Wildman–Crippen MR) is 66.0 cm³/mol. The molecule has 22 heavy (non-hydrogen) atoms. The van der Waals surface area contributed by atoms with Crippen molar-refractivity contribution in [3.63, 3.8) is 0 Å². The molecule has 2 atom stereocenters. The van der Waals surface area contributed by atoms with E-state index in [1.165, 1.54) is 0 Å². The highest BCUT2D eigenvalue weighted by atomic mass is 19.2. The molecule has 4 nitrogen and oxygen atoms in total. The zero-order valence-corrected chi connectivity index (χ0v) is 11.6. The summed E-state index contributed by atoms with van der Waals surface area (Å²) in [5, 5.41) is 11.4. The lowest BCUT2D eigenvalue weighted by atomic mass is 9.72. The number of ether oxygens (including phenoxy) is 2. The van der Waals surface area contributed by atoms with Gasteiger partial charge in [0.15, 0.2) is 17.4 Å². The molecule has 7 heteroatoms. The molecule has 1 saturated heterocycles. The van der Waals surface area contributed by atoms with E-state index >= 15 is 0 Å². The predicted octanol–water partition coefficient (Wildman–Crippen LogP) is 1.48. The molecule has 0 aromatic heterocycles. The smallest absolute Gasteiger partial charge is 0.169 e. The molecule has 1 aliphatic carbocycles. The minimum atomic E-state index is -1.38. The second kappa shape index (κ2) is 5.55. The van der Waals surface area contributed by atoms with Crippen molar-refractivity contribution in [2.45, 2.75) is 31.0 Å². The monoisotopic (exact) mass is 315 g/mol. The maximum absolute atomic E-state index is 13.9. The normalized spacial score (nSPS) is 27.2. The average molecular weight is 315 g/mol. The van der Waals surface area contributed by atoms with E-state index in [1.807, 2.05) is 0 Å². The second-order valence-corrected chi connectivity index (χ2v) is 5.67. The van der Waals surface area contributed by atoms with Crippen LogP contribution in [0.25, 0.3) is 0 Å². The van der Waals surface area contributed by atoms with E-state index in [2.05, 4.69) is 0 Å². The molecule has 1 heterocycles. The average Bonchev–Trinajstić information content (AvgIpc) is 2.91. The first kappa shape index (κ1) is 15.3. The Kier molecular flexibility index (Phi) is 3.86. The fourth-order valence-electron chi connectivity index (χ4n) is 3.36. The molecule has 0 N–H and O–H groups in total. The highest BCUT2D eigenvalue weighted by molar-refractivity contribution is 5.69. The first-order chi connectivity index (χ1) is 10.4. The maximum atomic E-state index is 13.9. The molecule has 0 bridgehead atoms. The summed E-state index contributed by atoms with van der Waals surface area (Å²) in [6.07, 6.45) is 0.582. The lowest BCUT2D eigenvalue weighted by Crippen LogP contribution is -2.46. The number of hydrogen-bond donors (Lipinski definition) is 0. The Balaban J connectivity index is 1.93. The molecule has 0 radical (unpaired) electrons. The minimum absolute atomic E-state index is 0.00155. The van der Waals surface area contributed by atoms with E-state index in [4.69, 9.17) is 9.47 Å². The summed E-state index contributed by atoms with van der Waals surface area (Å²) in [6, 6.07) is 1.16. The summed E-state index contributed by atoms with van der Waals surface area (Å²) in [4.78, 5) is 11.4. The molecule has 1 spiro atoms. The number of aliphatic carboxylic acids is 1. The van der Waals surface area contributed by atoms with Crippen molar-refractivity contribution >= 4 is 5.97 Å². The zero-order valence-electron chi connectivity index (χ0n) is 11.6. The molecule has 3 rings (SSSR count). The molecule has 0 amide bonds. The van der Waals surface area contributed by atoms with Crippen LogP contribution in [0.1, 0.15) is 30.7 Å². The number of benzene rings is 1. The molecule has 1 aromatic rings. The highest BCUT2D eigenvalue weighted by Gasteiger charge is 2.46. The number of carboxylic acid groups (broad SMARTS) is 1. The van der Waals surface area contributed by atoms with Crippen LogP contribution in [0, 0.1) is 23.4 Å². The summed E-state index contributed by atoms with van der Waals surface area (Å²) < 4.78 is 51.3. The Hall–Kier alpha value is -1.60. The molecule has 1 aliphatic heterocycles. The van der Waals surface area contributed by atoms with Gasteiger partial charge in [0, 0.05) is 30.8 Å². The first-order valence-electron chi connectivity index (χ1n) is 7.05. The molecular weight excluding hydrogens is 301 g/mol. The van der Waals surface area contributed by atoms with Gasteiger partial charge < -0.3 is 19.4 Å². The fraction of sp³-hybridized carbons (Fsp3) is 0.533. The van der Waals surface area contributed by atoms with Crippen LogP contribution in [0.2, 0.25) is 0 Å². The lowest BCUT2D eigenvalue weighted by Gasteiger charge is -2.41. The minimum Gasteiger partial charge on any atom is -0.550 e. The third-order valence-electron chi connectivity index (χ3n) is 4.41. The van der Waals surface area contributed by atoms with Crippen molar-refractivity contribution in [2.24, 2.45) is 5.92 Å². The van der Waals surface area contributed by atoms with Gasteiger partial charge in [-0.3, -0.25) is 0 Å². The van der Waals surface area contributed by atoms with E-state index < -0.39 is 41.0 Å². The summed E-state index contributed by atoms with van der Waals surface area (Å²) in [5.74, 6) is -7.74. The Bertz CT molecular complexity index is 599. The van der Waals surface area contributed by atoms with Gasteiger partial charge in [-0.25, -0.2) is 13.2 Å². The van der Waals surface area contributed by atoms with Crippen molar-refractivity contribution in [1.82, 2.24) is 0 Å². The van der Waals surface area contributed by atoms with Crippen molar-refractivity contribution in [3.8, 4) is 0 Å². The molecule has 1 saturated carbocycles. The first-order valence-corrected chi connectivity index (χ1v) is 7.05. The second-order valence-electron chi connectivity index (χ2n) is 5.67. The Morgan fingerprint density at radius 2 is 1.77 bits per heavy atom. The van der Waals surface area contributed by atoms with Gasteiger partial charge in [-0.15, -0.1) is 0 Å². The molecule has 1 aromatic carbocycles. The van der Waals surface area contributed by atoms with Crippen LogP contribution in [0.5, 0.6) is 0 Å². The molecule has 120 valence electrons. The molecule has 2 fully saturated rings. The zero-order chi connectivity index (χ0) is 15.9. The summed E-state index contributed by atoms with van der Waals surface area (Å²) in [7, 11) is 0. The maximum Gasteiger partial charge on any atom is 0.169 e. The third-order valence-corrected chi connectivity index (χ3v) is 4.41. The molecule has 2 unspecified atom stereocenters. The van der Waals surface area contributed by atoms with Gasteiger partial charge in [-0.05, 0) is 24.0 Å². The van der Waals surface area contributed by atoms with E-state index in [0.29, 0.717) is 25.7 Å². The fourth-order valence-corrected chi connectivity index (χ4v) is 3.36. The van der Waals surface area contributed by atoms with Crippen molar-refractivity contribution in [3.05, 3.63) is 35.1 Å². The van der Waals surface area contributed by atoms with Crippen LogP contribution >= 0.6 is 0 Å². The van der Waals surface area contributed by atoms with Crippen molar-refractivity contribution < 1.29 is 32.5 Å². The van der Waals surface area contributed by atoms with E-state index in [0.717, 1.165) is 6.07 Å². The number of rotatable bonds is 2. The number of carbonyl (C=O) groups is 1. The van der Waals surface area contributed by atoms with Gasteiger partial charge >= 0.3 is 0 Å². The Morgan fingerprint density at radius 1 is 1.14 bits per heavy atom. The SMILES string of the molecule is O=C([O-])C1CC2(CCC1c1cc(F)c(F)cc1F)OCCO2. The highest BCUT2D eigenvalue weighted by Crippen LogP contribution is 2.46. The van der Waals surface area contributed by atoms with Gasteiger partial charge in [0.1, 0.15) is 5.82 Å². The van der Waals surface area contributed by atoms with Crippen LogP contribution in [-0.4, -0.2) is 25.0 Å². The van der Waals surface area contributed by atoms with Crippen LogP contribution in [0.3, 0.4) is 0 Å². The number of halogens is 3. The number of carbonyl (C=O) groups excluding carboxylic acids is 1. The third kappa shape index (κ3) is 2.59. The number of carboxylic acids is 1. The van der Waals surface area contributed by atoms with Crippen molar-refractivity contribution in [1.29, 1.82) is 0 Å². The molecule has 2 aliphatic rings. The van der Waals surface area contributed by atoms with Crippen LogP contribution in [0.15, 0.2) is 12.1 Å². The largest absolute Gasteiger partial charge is 0.550 e. The Labute approximate surface area is 124 Å². The molecular formula is C15H14F3O4-. The standard InChI is InChI=1S/C15H15F3O4/c16-11-6-13(18)12(17)5-9(11)8-1-2-15(21-3-4-22-15)7-10(8)14(19)20/h5-6,8,10H,1-4,7H2,(H,19,20)/p-1. The van der Waals surface area contributed by atoms with E-state index in [-0.39, 0.29) is 18.4 Å². The van der Waals surface area contributed by atoms with Crippen LogP contribution in [0.4, 0.5) is 13.2 Å².